The van der Waals surface area contributed by atoms with E-state index in [1.54, 1.807) is 24.3 Å². The van der Waals surface area contributed by atoms with Gasteiger partial charge in [-0.05, 0) is 80.0 Å². The highest BCUT2D eigenvalue weighted by molar-refractivity contribution is 6.00. The number of likely N-dealkylation sites (tertiary alicyclic amines) is 1. The number of hydrogen-bond donors (Lipinski definition) is 3. The molecule has 0 unspecified atom stereocenters. The molecule has 0 bridgehead atoms. The van der Waals surface area contributed by atoms with E-state index >= 15 is 0 Å². The lowest BCUT2D eigenvalue weighted by Gasteiger charge is -2.52. The van der Waals surface area contributed by atoms with Gasteiger partial charge in [-0.15, -0.1) is 12.4 Å². The number of carbonyl (C=O) groups is 2. The molecule has 2 aromatic carbocycles. The Labute approximate surface area is 249 Å². The summed E-state index contributed by atoms with van der Waals surface area (Å²) in [6.45, 7) is 4.83. The summed E-state index contributed by atoms with van der Waals surface area (Å²) in [7, 11) is 0. The number of phenols is 1. The van der Waals surface area contributed by atoms with Crippen molar-refractivity contribution in [3.05, 3.63) is 54.1 Å². The Morgan fingerprint density at radius 1 is 0.976 bits per heavy atom. The fourth-order valence-corrected chi connectivity index (χ4v) is 6.61. The van der Waals surface area contributed by atoms with Crippen LogP contribution in [0.25, 0.3) is 0 Å². The molecule has 1 spiro atoms. The van der Waals surface area contributed by atoms with E-state index in [1.165, 1.54) is 6.42 Å². The number of aliphatic hydroxyl groups is 1. The minimum Gasteiger partial charge on any atom is -0.508 e. The number of rotatable bonds is 9. The molecule has 2 amide bonds. The summed E-state index contributed by atoms with van der Waals surface area (Å²) in [5.41, 5.74) is 0.310. The van der Waals surface area contributed by atoms with Crippen LogP contribution in [0.2, 0.25) is 0 Å². The molecular weight excluding hydrogens is 542 g/mol. The molecule has 1 saturated carbocycles. The highest BCUT2D eigenvalue weighted by atomic mass is 35.5. The molecule has 3 aliphatic rings. The van der Waals surface area contributed by atoms with Gasteiger partial charge in [-0.1, -0.05) is 44.7 Å². The molecule has 2 saturated heterocycles. The van der Waals surface area contributed by atoms with Crippen molar-refractivity contribution < 1.29 is 24.5 Å². The lowest BCUT2D eigenvalue weighted by molar-refractivity contribution is -0.166. The van der Waals surface area contributed by atoms with Crippen LogP contribution in [0.3, 0.4) is 0 Å². The van der Waals surface area contributed by atoms with Gasteiger partial charge in [-0.2, -0.15) is 0 Å². The number of halogens is 1. The van der Waals surface area contributed by atoms with Gasteiger partial charge in [-0.3, -0.25) is 14.5 Å². The van der Waals surface area contributed by atoms with E-state index in [2.05, 4.69) is 17.1 Å². The van der Waals surface area contributed by atoms with Crippen LogP contribution in [0.4, 0.5) is 0 Å². The van der Waals surface area contributed by atoms with Gasteiger partial charge in [0.25, 0.3) is 0 Å². The van der Waals surface area contributed by atoms with Crippen molar-refractivity contribution in [2.45, 2.75) is 88.9 Å². The number of unbranched alkanes of at least 4 members (excludes halogenated alkanes) is 1. The first kappa shape index (κ1) is 31.1. The first-order chi connectivity index (χ1) is 19.4. The van der Waals surface area contributed by atoms with Gasteiger partial charge in [0.15, 0.2) is 0 Å². The lowest BCUT2D eigenvalue weighted by Crippen LogP contribution is -2.75. The number of piperazine rings is 1. The van der Waals surface area contributed by atoms with Crippen LogP contribution >= 0.6 is 12.4 Å². The van der Waals surface area contributed by atoms with Crippen LogP contribution in [0.1, 0.15) is 70.3 Å². The van der Waals surface area contributed by atoms with E-state index in [9.17, 15) is 19.8 Å². The zero-order valence-electron chi connectivity index (χ0n) is 24.0. The molecule has 1 aliphatic carbocycles. The number of aliphatic hydroxyl groups excluding tert-OH is 1. The summed E-state index contributed by atoms with van der Waals surface area (Å²) in [6, 6.07) is 13.8. The largest absolute Gasteiger partial charge is 0.508 e. The standard InChI is InChI=1S/C32H43N3O5.ClH/c1-2-3-19-35-30(38)28(29(37)24-7-5-4-6-8-24)33-31(39)32(35)17-20-34(21-18-32)22-23-9-13-26(14-10-23)40-27-15-11-25(36)12-16-27;/h9-16,24,28-29,36-37H,2-8,17-22H2,1H3,(H,33,39);1H/t28-,29-;/m1./s1. The second-order valence-electron chi connectivity index (χ2n) is 11.7. The van der Waals surface area contributed by atoms with Crippen molar-refractivity contribution >= 4 is 24.2 Å². The van der Waals surface area contributed by atoms with Crippen LogP contribution in [0, 0.1) is 5.92 Å². The molecule has 3 fully saturated rings. The predicted octanol–water partition coefficient (Wildman–Crippen LogP) is 5.01. The minimum absolute atomic E-state index is 0. The molecule has 2 aromatic rings. The number of ether oxygens (including phenoxy) is 1. The van der Waals surface area contributed by atoms with E-state index in [-0.39, 0.29) is 35.9 Å². The second-order valence-corrected chi connectivity index (χ2v) is 11.7. The van der Waals surface area contributed by atoms with Crippen LogP contribution in [0.15, 0.2) is 48.5 Å². The third-order valence-electron chi connectivity index (χ3n) is 9.05. The maximum Gasteiger partial charge on any atom is 0.248 e. The molecule has 2 heterocycles. The van der Waals surface area contributed by atoms with Crippen molar-refractivity contribution in [1.29, 1.82) is 0 Å². The number of nitrogens with zero attached hydrogens (tertiary/aromatic N) is 2. The monoisotopic (exact) mass is 585 g/mol. The van der Waals surface area contributed by atoms with Gasteiger partial charge < -0.3 is 25.2 Å². The fourth-order valence-electron chi connectivity index (χ4n) is 6.61. The number of amides is 2. The lowest BCUT2D eigenvalue weighted by atomic mass is 9.78. The first-order valence-corrected chi connectivity index (χ1v) is 15.0. The number of hydrogen-bond acceptors (Lipinski definition) is 6. The van der Waals surface area contributed by atoms with Crippen molar-refractivity contribution in [3.63, 3.8) is 0 Å². The smallest absolute Gasteiger partial charge is 0.248 e. The van der Waals surface area contributed by atoms with Crippen LogP contribution in [0.5, 0.6) is 17.2 Å². The van der Waals surface area contributed by atoms with Gasteiger partial charge in [0, 0.05) is 26.2 Å². The van der Waals surface area contributed by atoms with Gasteiger partial charge in [0.1, 0.15) is 28.8 Å². The predicted molar refractivity (Wildman–Crippen MR) is 160 cm³/mol. The topological polar surface area (TPSA) is 102 Å². The molecule has 5 rings (SSSR count). The molecule has 224 valence electrons. The van der Waals surface area contributed by atoms with Gasteiger partial charge in [0.05, 0.1) is 6.10 Å². The van der Waals surface area contributed by atoms with Gasteiger partial charge in [0.2, 0.25) is 11.8 Å². The Kier molecular flexibility index (Phi) is 10.6. The molecule has 9 heteroatoms. The van der Waals surface area contributed by atoms with Gasteiger partial charge in [-0.25, -0.2) is 0 Å². The van der Waals surface area contributed by atoms with Crippen LogP contribution < -0.4 is 10.1 Å². The van der Waals surface area contributed by atoms with Gasteiger partial charge >= 0.3 is 0 Å². The number of piperidine rings is 1. The molecular formula is C32H44ClN3O5. The van der Waals surface area contributed by atoms with Crippen molar-refractivity contribution in [1.82, 2.24) is 15.1 Å². The molecule has 2 atom stereocenters. The first-order valence-electron chi connectivity index (χ1n) is 15.0. The quantitative estimate of drug-likeness (QED) is 0.382. The molecule has 3 N–H and O–H groups in total. The molecule has 2 aliphatic heterocycles. The molecule has 0 aromatic heterocycles. The van der Waals surface area contributed by atoms with Crippen molar-refractivity contribution in [2.75, 3.05) is 19.6 Å². The van der Waals surface area contributed by atoms with E-state index in [0.29, 0.717) is 38.2 Å². The zero-order chi connectivity index (χ0) is 28.1. The minimum atomic E-state index is -0.840. The molecule has 41 heavy (non-hydrogen) atoms. The Bertz CT molecular complexity index is 1140. The maximum absolute atomic E-state index is 13.8. The summed E-state index contributed by atoms with van der Waals surface area (Å²) >= 11 is 0. The summed E-state index contributed by atoms with van der Waals surface area (Å²) in [5, 5.41) is 23.6. The summed E-state index contributed by atoms with van der Waals surface area (Å²) in [4.78, 5) is 31.7. The second kappa shape index (κ2) is 13.9. The van der Waals surface area contributed by atoms with E-state index in [1.807, 2.05) is 29.2 Å². The highest BCUT2D eigenvalue weighted by Crippen LogP contribution is 2.36. The number of phenolic OH excluding ortho intramolecular Hbond substituents is 1. The average molecular weight is 586 g/mol. The summed E-state index contributed by atoms with van der Waals surface area (Å²) in [6.07, 6.45) is 7.29. The Balaban J connectivity index is 0.00000387. The Morgan fingerprint density at radius 3 is 2.20 bits per heavy atom. The van der Waals surface area contributed by atoms with Crippen LogP contribution in [-0.4, -0.2) is 69.1 Å². The molecule has 8 nitrogen and oxygen atoms in total. The number of carbonyl (C=O) groups excluding carboxylic acids is 2. The van der Waals surface area contributed by atoms with Crippen LogP contribution in [-0.2, 0) is 16.1 Å². The van der Waals surface area contributed by atoms with Crippen molar-refractivity contribution in [2.24, 2.45) is 5.92 Å². The average Bonchev–Trinajstić information content (AvgIpc) is 2.98. The maximum atomic E-state index is 13.8. The number of nitrogens with one attached hydrogen (secondary N) is 1. The molecule has 0 radical (unpaired) electrons. The van der Waals surface area contributed by atoms with E-state index < -0.39 is 17.7 Å². The third-order valence-corrected chi connectivity index (χ3v) is 9.05. The number of aromatic hydroxyl groups is 1. The third kappa shape index (κ3) is 6.99. The normalized spacial score (nSPS) is 22.2. The zero-order valence-corrected chi connectivity index (χ0v) is 24.8. The Hall–Kier alpha value is -2.81. The van der Waals surface area contributed by atoms with E-state index in [4.69, 9.17) is 4.74 Å². The SMILES string of the molecule is CCCCN1C(=O)[C@@H]([C@H](O)C2CCCCC2)NC(=O)C12CCN(Cc1ccc(Oc3ccc(O)cc3)cc1)CC2.Cl. The number of benzene rings is 2. The summed E-state index contributed by atoms with van der Waals surface area (Å²) in [5.74, 6) is 1.45. The highest BCUT2D eigenvalue weighted by Gasteiger charge is 2.55. The van der Waals surface area contributed by atoms with E-state index in [0.717, 1.165) is 56.4 Å². The van der Waals surface area contributed by atoms with Crippen molar-refractivity contribution in [3.8, 4) is 17.2 Å². The Morgan fingerprint density at radius 2 is 1.59 bits per heavy atom. The summed E-state index contributed by atoms with van der Waals surface area (Å²) < 4.78 is 5.86. The fraction of sp³-hybridized carbons (Fsp3) is 0.562.